The van der Waals surface area contributed by atoms with E-state index in [4.69, 9.17) is 0 Å². The summed E-state index contributed by atoms with van der Waals surface area (Å²) in [7, 11) is 1.89. The summed E-state index contributed by atoms with van der Waals surface area (Å²) in [4.78, 5) is 13.6. The molecular weight excluding hydrogens is 204 g/mol. The van der Waals surface area contributed by atoms with Crippen LogP contribution >= 0.6 is 0 Å². The molecule has 0 bridgehead atoms. The SMILES string of the molecule is Cc1nn(C)cc1CNC(=O)N1CCCC1. The minimum absolute atomic E-state index is 0.0424. The third-order valence-electron chi connectivity index (χ3n) is 2.94. The summed E-state index contributed by atoms with van der Waals surface area (Å²) in [6, 6.07) is 0.0424. The molecule has 88 valence electrons. The summed E-state index contributed by atoms with van der Waals surface area (Å²) in [5, 5.41) is 7.17. The number of urea groups is 1. The van der Waals surface area contributed by atoms with Crippen molar-refractivity contribution in [3.05, 3.63) is 17.5 Å². The molecule has 1 fully saturated rings. The molecule has 0 aliphatic carbocycles. The zero-order chi connectivity index (χ0) is 11.5. The van der Waals surface area contributed by atoms with Gasteiger partial charge < -0.3 is 10.2 Å². The fourth-order valence-electron chi connectivity index (χ4n) is 2.03. The van der Waals surface area contributed by atoms with Crippen LogP contribution in [0.5, 0.6) is 0 Å². The first-order chi connectivity index (χ1) is 7.66. The first-order valence-corrected chi connectivity index (χ1v) is 5.68. The maximum absolute atomic E-state index is 11.7. The molecule has 0 unspecified atom stereocenters. The second-order valence-corrected chi connectivity index (χ2v) is 4.27. The Balaban J connectivity index is 1.87. The van der Waals surface area contributed by atoms with E-state index in [-0.39, 0.29) is 6.03 Å². The van der Waals surface area contributed by atoms with Crippen molar-refractivity contribution in [3.63, 3.8) is 0 Å². The Hall–Kier alpha value is -1.52. The van der Waals surface area contributed by atoms with Crippen LogP contribution in [0.3, 0.4) is 0 Å². The quantitative estimate of drug-likeness (QED) is 0.812. The van der Waals surface area contributed by atoms with E-state index in [1.54, 1.807) is 4.68 Å². The van der Waals surface area contributed by atoms with Crippen LogP contribution < -0.4 is 5.32 Å². The van der Waals surface area contributed by atoms with Gasteiger partial charge in [0.2, 0.25) is 0 Å². The lowest BCUT2D eigenvalue weighted by atomic mass is 10.3. The number of likely N-dealkylation sites (tertiary alicyclic amines) is 1. The standard InChI is InChI=1S/C11H18N4O/c1-9-10(8-14(2)13-9)7-12-11(16)15-5-3-4-6-15/h8H,3-7H2,1-2H3,(H,12,16). The Morgan fingerprint density at radius 3 is 2.75 bits per heavy atom. The van der Waals surface area contributed by atoms with E-state index in [2.05, 4.69) is 10.4 Å². The van der Waals surface area contributed by atoms with Crippen LogP contribution in [0.4, 0.5) is 4.79 Å². The van der Waals surface area contributed by atoms with Crippen LogP contribution in [0.15, 0.2) is 6.20 Å². The van der Waals surface area contributed by atoms with Crippen LogP contribution in [-0.2, 0) is 13.6 Å². The monoisotopic (exact) mass is 222 g/mol. The van der Waals surface area contributed by atoms with Crippen molar-refractivity contribution in [1.29, 1.82) is 0 Å². The summed E-state index contributed by atoms with van der Waals surface area (Å²) in [6.07, 6.45) is 4.19. The van der Waals surface area contributed by atoms with Crippen molar-refractivity contribution < 1.29 is 4.79 Å². The summed E-state index contributed by atoms with van der Waals surface area (Å²) >= 11 is 0. The molecule has 0 radical (unpaired) electrons. The summed E-state index contributed by atoms with van der Waals surface area (Å²) in [5.41, 5.74) is 2.05. The minimum Gasteiger partial charge on any atom is -0.334 e. The third-order valence-corrected chi connectivity index (χ3v) is 2.94. The highest BCUT2D eigenvalue weighted by Gasteiger charge is 2.17. The van der Waals surface area contributed by atoms with Crippen LogP contribution in [0.1, 0.15) is 24.1 Å². The van der Waals surface area contributed by atoms with Crippen molar-refractivity contribution in [2.24, 2.45) is 7.05 Å². The first-order valence-electron chi connectivity index (χ1n) is 5.68. The molecule has 0 atom stereocenters. The molecule has 5 heteroatoms. The maximum atomic E-state index is 11.7. The molecule has 1 N–H and O–H groups in total. The van der Waals surface area contributed by atoms with Crippen molar-refractivity contribution >= 4 is 6.03 Å². The van der Waals surface area contributed by atoms with Crippen molar-refractivity contribution in [3.8, 4) is 0 Å². The van der Waals surface area contributed by atoms with Gasteiger partial charge in [0.05, 0.1) is 5.69 Å². The molecule has 0 aromatic carbocycles. The molecule has 0 saturated carbocycles. The van der Waals surface area contributed by atoms with Gasteiger partial charge in [-0.1, -0.05) is 0 Å². The number of hydrogen-bond acceptors (Lipinski definition) is 2. The minimum atomic E-state index is 0.0424. The number of nitrogens with one attached hydrogen (secondary N) is 1. The van der Waals surface area contributed by atoms with Crippen molar-refractivity contribution in [2.75, 3.05) is 13.1 Å². The Bertz CT molecular complexity index is 379. The second-order valence-electron chi connectivity index (χ2n) is 4.27. The van der Waals surface area contributed by atoms with Gasteiger partial charge in [0.1, 0.15) is 0 Å². The molecule has 16 heavy (non-hydrogen) atoms. The largest absolute Gasteiger partial charge is 0.334 e. The van der Waals surface area contributed by atoms with E-state index in [1.165, 1.54) is 0 Å². The Morgan fingerprint density at radius 1 is 1.50 bits per heavy atom. The Morgan fingerprint density at radius 2 is 2.19 bits per heavy atom. The van der Waals surface area contributed by atoms with Crippen LogP contribution in [0, 0.1) is 6.92 Å². The number of carbonyl (C=O) groups excluding carboxylic acids is 1. The van der Waals surface area contributed by atoms with E-state index < -0.39 is 0 Å². The first kappa shape index (κ1) is 11.0. The summed E-state index contributed by atoms with van der Waals surface area (Å²) in [5.74, 6) is 0. The summed E-state index contributed by atoms with van der Waals surface area (Å²) < 4.78 is 1.77. The van der Waals surface area contributed by atoms with Gasteiger partial charge in [0.15, 0.2) is 0 Å². The predicted octanol–water partition coefficient (Wildman–Crippen LogP) is 1.03. The number of carbonyl (C=O) groups is 1. The zero-order valence-electron chi connectivity index (χ0n) is 9.86. The molecular formula is C11H18N4O. The molecule has 1 aliphatic rings. The van der Waals surface area contributed by atoms with Gasteiger partial charge in [-0.05, 0) is 19.8 Å². The topological polar surface area (TPSA) is 50.2 Å². The number of aromatic nitrogens is 2. The van der Waals surface area contributed by atoms with E-state index >= 15 is 0 Å². The zero-order valence-corrected chi connectivity index (χ0v) is 9.86. The molecule has 1 aliphatic heterocycles. The number of hydrogen-bond donors (Lipinski definition) is 1. The molecule has 1 aromatic rings. The lowest BCUT2D eigenvalue weighted by Crippen LogP contribution is -2.37. The van der Waals surface area contributed by atoms with Crippen molar-refractivity contribution in [1.82, 2.24) is 20.0 Å². The van der Waals surface area contributed by atoms with Gasteiger partial charge in [-0.2, -0.15) is 5.10 Å². The van der Waals surface area contributed by atoms with E-state index in [0.29, 0.717) is 6.54 Å². The van der Waals surface area contributed by atoms with E-state index in [9.17, 15) is 4.79 Å². The maximum Gasteiger partial charge on any atom is 0.317 e. The third kappa shape index (κ3) is 2.35. The number of nitrogens with zero attached hydrogens (tertiary/aromatic N) is 3. The fourth-order valence-corrected chi connectivity index (χ4v) is 2.03. The Labute approximate surface area is 95.4 Å². The van der Waals surface area contributed by atoms with Crippen molar-refractivity contribution in [2.45, 2.75) is 26.3 Å². The lowest BCUT2D eigenvalue weighted by molar-refractivity contribution is 0.208. The highest BCUT2D eigenvalue weighted by Crippen LogP contribution is 2.08. The van der Waals surface area contributed by atoms with E-state index in [0.717, 1.165) is 37.2 Å². The predicted molar refractivity (Wildman–Crippen MR) is 61.0 cm³/mol. The van der Waals surface area contributed by atoms with Gasteiger partial charge in [-0.15, -0.1) is 0 Å². The molecule has 0 spiro atoms. The normalized spacial score (nSPS) is 15.5. The van der Waals surface area contributed by atoms with Gasteiger partial charge in [0.25, 0.3) is 0 Å². The number of aryl methyl sites for hydroxylation is 2. The molecule has 2 amide bonds. The summed E-state index contributed by atoms with van der Waals surface area (Å²) in [6.45, 7) is 4.29. The highest BCUT2D eigenvalue weighted by atomic mass is 16.2. The molecule has 2 rings (SSSR count). The molecule has 2 heterocycles. The van der Waals surface area contributed by atoms with Gasteiger partial charge >= 0.3 is 6.03 Å². The number of rotatable bonds is 2. The van der Waals surface area contributed by atoms with Gasteiger partial charge in [-0.25, -0.2) is 4.79 Å². The van der Waals surface area contributed by atoms with Gasteiger partial charge in [-0.3, -0.25) is 4.68 Å². The smallest absolute Gasteiger partial charge is 0.317 e. The average molecular weight is 222 g/mol. The van der Waals surface area contributed by atoms with Gasteiger partial charge in [0, 0.05) is 38.4 Å². The lowest BCUT2D eigenvalue weighted by Gasteiger charge is -2.15. The molecule has 5 nitrogen and oxygen atoms in total. The average Bonchev–Trinajstić information content (AvgIpc) is 2.84. The van der Waals surface area contributed by atoms with E-state index in [1.807, 2.05) is 25.1 Å². The van der Waals surface area contributed by atoms with Crippen LogP contribution in [-0.4, -0.2) is 33.8 Å². The highest BCUT2D eigenvalue weighted by molar-refractivity contribution is 5.74. The molecule has 1 saturated heterocycles. The molecule has 1 aromatic heterocycles. The second kappa shape index (κ2) is 4.55. The van der Waals surface area contributed by atoms with Crippen LogP contribution in [0.2, 0.25) is 0 Å². The fraction of sp³-hybridized carbons (Fsp3) is 0.636. The van der Waals surface area contributed by atoms with Crippen LogP contribution in [0.25, 0.3) is 0 Å². The number of amides is 2. The Kier molecular flexibility index (Phi) is 3.12.